The molecule has 1 aromatic carbocycles. The third-order valence-corrected chi connectivity index (χ3v) is 4.21. The summed E-state index contributed by atoms with van der Waals surface area (Å²) in [5.74, 6) is 0.00590. The Morgan fingerprint density at radius 2 is 2.30 bits per heavy atom. The molecule has 1 unspecified atom stereocenters. The zero-order chi connectivity index (χ0) is 14.0. The molecule has 0 saturated carbocycles. The molecule has 1 aromatic rings. The molecule has 0 aromatic heterocycles. The van der Waals surface area contributed by atoms with E-state index in [2.05, 4.69) is 23.6 Å². The van der Waals surface area contributed by atoms with Crippen molar-refractivity contribution in [1.82, 2.24) is 10.6 Å². The monoisotopic (exact) mass is 274 g/mol. The van der Waals surface area contributed by atoms with Crippen molar-refractivity contribution in [2.75, 3.05) is 19.8 Å². The number of hydrogen-bond acceptors (Lipinski definition) is 3. The Bertz CT molecular complexity index is 507. The Morgan fingerprint density at radius 3 is 3.10 bits per heavy atom. The van der Waals surface area contributed by atoms with Crippen LogP contribution in [0, 0.1) is 0 Å². The molecule has 3 rings (SSSR count). The summed E-state index contributed by atoms with van der Waals surface area (Å²) in [6.45, 7) is 5.34. The molecule has 2 heterocycles. The normalized spacial score (nSPS) is 25.9. The van der Waals surface area contributed by atoms with E-state index < -0.39 is 0 Å². The van der Waals surface area contributed by atoms with Gasteiger partial charge in [0.05, 0.1) is 12.1 Å². The van der Waals surface area contributed by atoms with Gasteiger partial charge in [0.15, 0.2) is 0 Å². The summed E-state index contributed by atoms with van der Waals surface area (Å²) in [7, 11) is 0. The predicted molar refractivity (Wildman–Crippen MR) is 77.8 cm³/mol. The molecule has 2 aliphatic rings. The van der Waals surface area contributed by atoms with Crippen LogP contribution in [0.3, 0.4) is 0 Å². The van der Waals surface area contributed by atoms with Gasteiger partial charge in [-0.05, 0) is 56.0 Å². The number of carbonyl (C=O) groups excluding carboxylic acids is 1. The molecule has 2 aliphatic heterocycles. The average Bonchev–Trinajstić information content (AvgIpc) is 2.47. The quantitative estimate of drug-likeness (QED) is 0.862. The molecule has 2 N–H and O–H groups in total. The fourth-order valence-corrected chi connectivity index (χ4v) is 3.00. The van der Waals surface area contributed by atoms with E-state index in [4.69, 9.17) is 4.74 Å². The Morgan fingerprint density at radius 1 is 1.40 bits per heavy atom. The summed E-state index contributed by atoms with van der Waals surface area (Å²) in [6.07, 6.45) is 3.03. The third-order valence-electron chi connectivity index (χ3n) is 4.21. The maximum atomic E-state index is 12.4. The highest BCUT2D eigenvalue weighted by atomic mass is 16.5. The molecule has 0 aliphatic carbocycles. The van der Waals surface area contributed by atoms with E-state index in [0.29, 0.717) is 6.61 Å². The second kappa shape index (κ2) is 5.54. The number of benzene rings is 1. The fourth-order valence-electron chi connectivity index (χ4n) is 3.00. The molecule has 0 radical (unpaired) electrons. The van der Waals surface area contributed by atoms with Gasteiger partial charge in [0.2, 0.25) is 0 Å². The van der Waals surface area contributed by atoms with Gasteiger partial charge in [0, 0.05) is 18.7 Å². The Labute approximate surface area is 119 Å². The minimum atomic E-state index is -0.233. The summed E-state index contributed by atoms with van der Waals surface area (Å²) in [4.78, 5) is 12.4. The lowest BCUT2D eigenvalue weighted by molar-refractivity contribution is 0.0272. The number of amides is 1. The number of fused-ring (bicyclic) bond motifs is 1. The van der Waals surface area contributed by atoms with Gasteiger partial charge in [-0.1, -0.05) is 6.07 Å². The topological polar surface area (TPSA) is 50.4 Å². The zero-order valence-corrected chi connectivity index (χ0v) is 12.0. The lowest BCUT2D eigenvalue weighted by Crippen LogP contribution is -2.51. The van der Waals surface area contributed by atoms with Crippen LogP contribution < -0.4 is 10.6 Å². The largest absolute Gasteiger partial charge is 0.379 e. The van der Waals surface area contributed by atoms with Crippen LogP contribution in [0.25, 0.3) is 0 Å². The van der Waals surface area contributed by atoms with Crippen molar-refractivity contribution in [1.29, 1.82) is 0 Å². The predicted octanol–water partition coefficient (Wildman–Crippen LogP) is 1.63. The fraction of sp³-hybridized carbons (Fsp3) is 0.562. The molecule has 108 valence electrons. The Balaban J connectivity index is 1.73. The average molecular weight is 274 g/mol. The maximum absolute atomic E-state index is 12.4. The maximum Gasteiger partial charge on any atom is 0.251 e. The van der Waals surface area contributed by atoms with Crippen LogP contribution in [0.15, 0.2) is 18.2 Å². The van der Waals surface area contributed by atoms with Gasteiger partial charge in [-0.25, -0.2) is 0 Å². The van der Waals surface area contributed by atoms with E-state index in [1.807, 2.05) is 12.1 Å². The molecule has 1 amide bonds. The van der Waals surface area contributed by atoms with Crippen LogP contribution in [-0.2, 0) is 17.7 Å². The first-order valence-electron chi connectivity index (χ1n) is 7.39. The molecular weight excluding hydrogens is 252 g/mol. The second-order valence-electron chi connectivity index (χ2n) is 6.08. The minimum absolute atomic E-state index is 0.00590. The van der Waals surface area contributed by atoms with E-state index in [1.54, 1.807) is 0 Å². The van der Waals surface area contributed by atoms with Crippen LogP contribution in [-0.4, -0.2) is 31.2 Å². The first kappa shape index (κ1) is 13.6. The van der Waals surface area contributed by atoms with E-state index in [9.17, 15) is 4.79 Å². The number of ether oxygens (including phenoxy) is 1. The summed E-state index contributed by atoms with van der Waals surface area (Å²) in [5.41, 5.74) is 3.12. The van der Waals surface area contributed by atoms with Crippen LogP contribution in [0.4, 0.5) is 0 Å². The SMILES string of the molecule is CC1(NC(=O)c2ccc3c(c2)CNCC3)CCCOC1. The van der Waals surface area contributed by atoms with Gasteiger partial charge in [-0.3, -0.25) is 4.79 Å². The molecule has 1 atom stereocenters. The van der Waals surface area contributed by atoms with Crippen LogP contribution in [0.1, 0.15) is 41.3 Å². The standard InChI is InChI=1S/C16H22N2O2/c1-16(6-2-8-20-11-16)18-15(19)13-4-3-12-5-7-17-10-14(12)9-13/h3-4,9,17H,2,5-8,10-11H2,1H3,(H,18,19). The first-order valence-corrected chi connectivity index (χ1v) is 7.39. The summed E-state index contributed by atoms with van der Waals surface area (Å²) in [5, 5.41) is 6.48. The Kier molecular flexibility index (Phi) is 3.76. The number of hydrogen-bond donors (Lipinski definition) is 2. The smallest absolute Gasteiger partial charge is 0.251 e. The van der Waals surface area contributed by atoms with E-state index >= 15 is 0 Å². The second-order valence-corrected chi connectivity index (χ2v) is 6.08. The molecule has 20 heavy (non-hydrogen) atoms. The molecule has 4 heteroatoms. The van der Waals surface area contributed by atoms with Crippen molar-refractivity contribution in [3.05, 3.63) is 34.9 Å². The number of nitrogens with one attached hydrogen (secondary N) is 2. The number of carbonyl (C=O) groups is 1. The van der Waals surface area contributed by atoms with Crippen molar-refractivity contribution in [2.45, 2.75) is 38.3 Å². The van der Waals surface area contributed by atoms with Gasteiger partial charge >= 0.3 is 0 Å². The number of rotatable bonds is 2. The van der Waals surface area contributed by atoms with Gasteiger partial charge in [0.1, 0.15) is 0 Å². The van der Waals surface area contributed by atoms with E-state index in [1.165, 1.54) is 11.1 Å². The molecule has 4 nitrogen and oxygen atoms in total. The van der Waals surface area contributed by atoms with Crippen LogP contribution in [0.2, 0.25) is 0 Å². The van der Waals surface area contributed by atoms with Crippen molar-refractivity contribution in [3.8, 4) is 0 Å². The van der Waals surface area contributed by atoms with E-state index in [-0.39, 0.29) is 11.4 Å². The highest BCUT2D eigenvalue weighted by molar-refractivity contribution is 5.95. The van der Waals surface area contributed by atoms with Gasteiger partial charge in [-0.2, -0.15) is 0 Å². The van der Waals surface area contributed by atoms with E-state index in [0.717, 1.165) is 44.5 Å². The first-order chi connectivity index (χ1) is 9.66. The van der Waals surface area contributed by atoms with Gasteiger partial charge < -0.3 is 15.4 Å². The molecule has 0 bridgehead atoms. The van der Waals surface area contributed by atoms with Crippen molar-refractivity contribution < 1.29 is 9.53 Å². The zero-order valence-electron chi connectivity index (χ0n) is 12.0. The highest BCUT2D eigenvalue weighted by Crippen LogP contribution is 2.20. The lowest BCUT2D eigenvalue weighted by atomic mass is 9.93. The summed E-state index contributed by atoms with van der Waals surface area (Å²) < 4.78 is 5.49. The minimum Gasteiger partial charge on any atom is -0.379 e. The van der Waals surface area contributed by atoms with Crippen LogP contribution in [0.5, 0.6) is 0 Å². The molecule has 1 fully saturated rings. The summed E-state index contributed by atoms with van der Waals surface area (Å²) >= 11 is 0. The van der Waals surface area contributed by atoms with Gasteiger partial charge in [-0.15, -0.1) is 0 Å². The summed E-state index contributed by atoms with van der Waals surface area (Å²) in [6, 6.07) is 6.04. The van der Waals surface area contributed by atoms with Crippen molar-refractivity contribution in [3.63, 3.8) is 0 Å². The Hall–Kier alpha value is -1.39. The van der Waals surface area contributed by atoms with Crippen molar-refractivity contribution >= 4 is 5.91 Å². The van der Waals surface area contributed by atoms with Crippen LogP contribution >= 0.6 is 0 Å². The van der Waals surface area contributed by atoms with Gasteiger partial charge in [0.25, 0.3) is 5.91 Å². The molecular formula is C16H22N2O2. The highest BCUT2D eigenvalue weighted by Gasteiger charge is 2.29. The molecule has 1 saturated heterocycles. The molecule has 0 spiro atoms. The van der Waals surface area contributed by atoms with Crippen molar-refractivity contribution in [2.24, 2.45) is 0 Å². The third kappa shape index (κ3) is 2.86. The lowest BCUT2D eigenvalue weighted by Gasteiger charge is -2.34.